The summed E-state index contributed by atoms with van der Waals surface area (Å²) in [4.78, 5) is 25.5. The molecule has 1 saturated heterocycles. The molecule has 2 fully saturated rings. The Morgan fingerprint density at radius 2 is 1.86 bits per heavy atom. The van der Waals surface area contributed by atoms with Crippen LogP contribution in [-0.4, -0.2) is 35.7 Å². The van der Waals surface area contributed by atoms with Crippen molar-refractivity contribution in [1.29, 1.82) is 0 Å². The maximum atomic E-state index is 12.8. The van der Waals surface area contributed by atoms with Crippen molar-refractivity contribution >= 4 is 34.0 Å². The fourth-order valence-electron chi connectivity index (χ4n) is 4.45. The predicted octanol–water partition coefficient (Wildman–Crippen LogP) is 4.17. The number of carbonyl (C=O) groups is 2. The number of nitrogens with zero attached hydrogens (tertiary/aromatic N) is 2. The van der Waals surface area contributed by atoms with Crippen molar-refractivity contribution in [3.8, 4) is 11.5 Å². The van der Waals surface area contributed by atoms with E-state index in [4.69, 9.17) is 9.47 Å². The summed E-state index contributed by atoms with van der Waals surface area (Å²) in [6.45, 7) is 6.46. The lowest BCUT2D eigenvalue weighted by atomic mass is 9.85. The van der Waals surface area contributed by atoms with Crippen LogP contribution in [0.3, 0.4) is 0 Å². The summed E-state index contributed by atoms with van der Waals surface area (Å²) < 4.78 is 12.5. The van der Waals surface area contributed by atoms with Crippen LogP contribution in [0.2, 0.25) is 0 Å². The fraction of sp³-hybridized carbons (Fsp3) is 0.500. The molecule has 0 N–H and O–H groups in total. The second-order valence-electron chi connectivity index (χ2n) is 7.83. The number of allylic oxidation sites excluding steroid dienone is 2. The molecule has 0 radical (unpaired) electrons. The predicted molar refractivity (Wildman–Crippen MR) is 113 cm³/mol. The van der Waals surface area contributed by atoms with Gasteiger partial charge in [-0.2, -0.15) is 10.1 Å². The Labute approximate surface area is 179 Å². The molecule has 1 aromatic rings. The number of rotatable bonds is 7. The number of hydrogen-bond acceptors (Lipinski definition) is 5. The number of carbonyl (C=O) groups excluding carboxylic acids is 2. The minimum atomic E-state index is -0.244. The first-order valence-corrected chi connectivity index (χ1v) is 11.0. The third kappa shape index (κ3) is 3.50. The molecule has 5 atom stereocenters. The number of fused-ring (bicyclic) bond motifs is 5. The van der Waals surface area contributed by atoms with Gasteiger partial charge in [-0.25, -0.2) is 0 Å². The Kier molecular flexibility index (Phi) is 5.51. The lowest BCUT2D eigenvalue weighted by molar-refractivity contribution is -0.140. The third-order valence-corrected chi connectivity index (χ3v) is 6.58. The number of halogens is 1. The molecule has 2 bridgehead atoms. The Morgan fingerprint density at radius 1 is 1.21 bits per heavy atom. The van der Waals surface area contributed by atoms with Crippen LogP contribution in [0, 0.1) is 23.7 Å². The van der Waals surface area contributed by atoms with Crippen LogP contribution >= 0.6 is 15.9 Å². The summed E-state index contributed by atoms with van der Waals surface area (Å²) in [6, 6.07) is 3.66. The summed E-state index contributed by atoms with van der Waals surface area (Å²) >= 11 is 3.54. The first kappa shape index (κ1) is 20.1. The molecule has 1 saturated carbocycles. The van der Waals surface area contributed by atoms with Crippen molar-refractivity contribution in [3.05, 3.63) is 34.3 Å². The minimum Gasteiger partial charge on any atom is -0.490 e. The molecule has 2 aliphatic carbocycles. The van der Waals surface area contributed by atoms with Gasteiger partial charge < -0.3 is 9.47 Å². The first-order valence-electron chi connectivity index (χ1n) is 10.2. The van der Waals surface area contributed by atoms with Gasteiger partial charge in [-0.3, -0.25) is 9.59 Å². The zero-order valence-corrected chi connectivity index (χ0v) is 18.4. The summed E-state index contributed by atoms with van der Waals surface area (Å²) in [5.41, 5.74) is 0.718. The van der Waals surface area contributed by atoms with Gasteiger partial charge in [0, 0.05) is 0 Å². The van der Waals surface area contributed by atoms with Crippen LogP contribution in [0.25, 0.3) is 0 Å². The smallest absolute Gasteiger partial charge is 0.254 e. The second-order valence-corrected chi connectivity index (χ2v) is 8.69. The van der Waals surface area contributed by atoms with E-state index in [1.54, 1.807) is 0 Å². The molecular formula is C22H25BrN2O4. The standard InChI is InChI=1S/C22H25BrN2O4/c1-4-12(3)29-20-16(23)8-13(9-17(20)28-5-2)11-24-25-21(26)18-14-6-7-15(10-14)19(18)22(25)27/h6-9,11-12,14-15,18-19H,4-5,10H2,1-3H3. The first-order chi connectivity index (χ1) is 13.9. The van der Waals surface area contributed by atoms with Gasteiger partial charge in [-0.05, 0) is 72.2 Å². The van der Waals surface area contributed by atoms with Crippen molar-refractivity contribution in [2.45, 2.75) is 39.7 Å². The highest BCUT2D eigenvalue weighted by Crippen LogP contribution is 2.52. The number of benzene rings is 1. The van der Waals surface area contributed by atoms with E-state index in [0.29, 0.717) is 18.1 Å². The molecule has 5 unspecified atom stereocenters. The van der Waals surface area contributed by atoms with Crippen molar-refractivity contribution < 1.29 is 19.1 Å². The maximum absolute atomic E-state index is 12.8. The molecule has 4 rings (SSSR count). The summed E-state index contributed by atoms with van der Waals surface area (Å²) in [5, 5.41) is 5.30. The molecule has 7 heteroatoms. The largest absolute Gasteiger partial charge is 0.490 e. The van der Waals surface area contributed by atoms with Crippen molar-refractivity contribution in [2.24, 2.45) is 28.8 Å². The van der Waals surface area contributed by atoms with E-state index in [-0.39, 0.29) is 41.6 Å². The topological polar surface area (TPSA) is 68.2 Å². The highest BCUT2D eigenvalue weighted by atomic mass is 79.9. The van der Waals surface area contributed by atoms with Gasteiger partial charge in [0.15, 0.2) is 11.5 Å². The fourth-order valence-corrected chi connectivity index (χ4v) is 5.00. The molecule has 2 amide bonds. The van der Waals surface area contributed by atoms with Crippen LogP contribution in [-0.2, 0) is 9.59 Å². The molecule has 1 aromatic carbocycles. The summed E-state index contributed by atoms with van der Waals surface area (Å²) in [6.07, 6.45) is 7.52. The Morgan fingerprint density at radius 3 is 2.45 bits per heavy atom. The number of hydrogen-bond donors (Lipinski definition) is 0. The van der Waals surface area contributed by atoms with E-state index in [1.807, 2.05) is 26.0 Å². The average Bonchev–Trinajstić information content (AvgIpc) is 3.37. The molecular weight excluding hydrogens is 436 g/mol. The molecule has 3 aliphatic rings. The zero-order chi connectivity index (χ0) is 20.7. The molecule has 1 heterocycles. The SMILES string of the molecule is CCOc1cc(C=NN2C(=O)C3C4C=CC(C4)C3C2=O)cc(Br)c1OC(C)CC. The van der Waals surface area contributed by atoms with Gasteiger partial charge in [-0.15, -0.1) is 0 Å². The van der Waals surface area contributed by atoms with Gasteiger partial charge in [-0.1, -0.05) is 19.1 Å². The van der Waals surface area contributed by atoms with E-state index < -0.39 is 0 Å². The monoisotopic (exact) mass is 460 g/mol. The Hall–Kier alpha value is -2.15. The van der Waals surface area contributed by atoms with E-state index in [9.17, 15) is 9.59 Å². The second kappa shape index (κ2) is 7.94. The average molecular weight is 461 g/mol. The number of hydrazone groups is 1. The van der Waals surface area contributed by atoms with Gasteiger partial charge in [0.2, 0.25) is 0 Å². The Balaban J connectivity index is 1.57. The zero-order valence-electron chi connectivity index (χ0n) is 16.8. The number of imide groups is 1. The highest BCUT2D eigenvalue weighted by Gasteiger charge is 2.59. The van der Waals surface area contributed by atoms with Crippen molar-refractivity contribution in [2.75, 3.05) is 6.61 Å². The van der Waals surface area contributed by atoms with Crippen LogP contribution in [0.15, 0.2) is 33.9 Å². The van der Waals surface area contributed by atoms with Crippen LogP contribution < -0.4 is 9.47 Å². The van der Waals surface area contributed by atoms with Gasteiger partial charge in [0.1, 0.15) is 0 Å². The lowest BCUT2D eigenvalue weighted by Crippen LogP contribution is -2.28. The summed E-state index contributed by atoms with van der Waals surface area (Å²) in [7, 11) is 0. The molecule has 1 aliphatic heterocycles. The Bertz CT molecular complexity index is 867. The number of ether oxygens (including phenoxy) is 2. The van der Waals surface area contributed by atoms with E-state index in [2.05, 4.69) is 40.1 Å². The lowest BCUT2D eigenvalue weighted by Gasteiger charge is -2.18. The van der Waals surface area contributed by atoms with Crippen LogP contribution in [0.4, 0.5) is 0 Å². The van der Waals surface area contributed by atoms with E-state index in [1.165, 1.54) is 6.21 Å². The van der Waals surface area contributed by atoms with E-state index in [0.717, 1.165) is 27.9 Å². The quantitative estimate of drug-likeness (QED) is 0.347. The minimum absolute atomic E-state index is 0.0493. The highest BCUT2D eigenvalue weighted by molar-refractivity contribution is 9.10. The van der Waals surface area contributed by atoms with E-state index >= 15 is 0 Å². The van der Waals surface area contributed by atoms with Gasteiger partial charge >= 0.3 is 0 Å². The molecule has 0 spiro atoms. The van der Waals surface area contributed by atoms with Gasteiger partial charge in [0.25, 0.3) is 11.8 Å². The molecule has 29 heavy (non-hydrogen) atoms. The van der Waals surface area contributed by atoms with Crippen LogP contribution in [0.1, 0.15) is 39.2 Å². The number of amides is 2. The van der Waals surface area contributed by atoms with Crippen molar-refractivity contribution in [3.63, 3.8) is 0 Å². The third-order valence-electron chi connectivity index (χ3n) is 6.00. The van der Waals surface area contributed by atoms with Gasteiger partial charge in [0.05, 0.1) is 35.2 Å². The summed E-state index contributed by atoms with van der Waals surface area (Å²) in [5.74, 6) is 0.738. The molecule has 154 valence electrons. The van der Waals surface area contributed by atoms with Crippen molar-refractivity contribution in [1.82, 2.24) is 5.01 Å². The molecule has 6 nitrogen and oxygen atoms in total. The normalized spacial score (nSPS) is 28.5. The van der Waals surface area contributed by atoms with Crippen LogP contribution in [0.5, 0.6) is 11.5 Å². The molecule has 0 aromatic heterocycles. The maximum Gasteiger partial charge on any atom is 0.254 e.